The minimum Gasteiger partial charge on any atom is -0.321 e. The quantitative estimate of drug-likeness (QED) is 0.513. The Balaban J connectivity index is 0. The summed E-state index contributed by atoms with van der Waals surface area (Å²) < 4.78 is 50.7. The fraction of sp³-hybridized carbons (Fsp3) is 0. The lowest BCUT2D eigenvalue weighted by Gasteiger charge is -1.87. The fourth-order valence-corrected chi connectivity index (χ4v) is 0. The highest BCUT2D eigenvalue weighted by atomic mass is 31.2. The van der Waals surface area contributed by atoms with E-state index in [1.807, 2.05) is 0 Å². The number of halogens is 4. The summed E-state index contributed by atoms with van der Waals surface area (Å²) in [5, 5.41) is 0. The van der Waals surface area contributed by atoms with E-state index in [1.54, 1.807) is 0 Å². The zero-order chi connectivity index (χ0) is 10.4. The zero-order valence-corrected chi connectivity index (χ0v) is 6.44. The Labute approximate surface area is 65.2 Å². The van der Waals surface area contributed by atoms with Crippen LogP contribution in [0.2, 0.25) is 0 Å². The van der Waals surface area contributed by atoms with E-state index in [4.69, 9.17) is 9.79 Å². The van der Waals surface area contributed by atoms with Crippen LogP contribution in [-0.2, 0) is 4.57 Å². The van der Waals surface area contributed by atoms with Gasteiger partial charge < -0.3 is 9.79 Å². The van der Waals surface area contributed by atoms with Crippen molar-refractivity contribution in [2.75, 3.05) is 0 Å². The molecule has 8 heteroatoms. The van der Waals surface area contributed by atoms with E-state index in [9.17, 15) is 22.1 Å². The molecule has 0 heterocycles. The summed E-state index contributed by atoms with van der Waals surface area (Å²) in [5.74, 6) is 0.604. The summed E-state index contributed by atoms with van der Waals surface area (Å²) in [4.78, 5) is 15.6. The zero-order valence-electron chi connectivity index (χ0n) is 5.55. The second kappa shape index (κ2) is 5.93. The molecule has 0 aliphatic carbocycles. The molecule has 0 aliphatic rings. The van der Waals surface area contributed by atoms with E-state index in [0.717, 1.165) is 0 Å². The predicted octanol–water partition coefficient (Wildman–Crippen LogP) is 2.30. The second-order valence-corrected chi connectivity index (χ2v) is 2.84. The van der Waals surface area contributed by atoms with Crippen LogP contribution in [0, 0.1) is 0 Å². The first-order valence-electron chi connectivity index (χ1n) is 2.25. The first-order valence-corrected chi connectivity index (χ1v) is 3.94. The molecule has 0 spiro atoms. The minimum atomic E-state index is -3.88. The van der Waals surface area contributed by atoms with Gasteiger partial charge >= 0.3 is 19.8 Å². The molecule has 0 unspecified atom stereocenters. The molecule has 0 aromatic carbocycles. The Kier molecular flexibility index (Phi) is 6.88. The standard InChI is InChI=1S/C2F4.C2H5O3P/c3-1(4)2(5)6;1-2-6(3,4)5/h;2H,1H2,(H2,3,4,5). The van der Waals surface area contributed by atoms with Crippen LogP contribution < -0.4 is 0 Å². The van der Waals surface area contributed by atoms with Gasteiger partial charge in [0.2, 0.25) is 0 Å². The van der Waals surface area contributed by atoms with Crippen molar-refractivity contribution >= 4 is 7.60 Å². The average Bonchev–Trinajstić information content (AvgIpc) is 1.87. The molecule has 0 saturated heterocycles. The van der Waals surface area contributed by atoms with E-state index in [2.05, 4.69) is 6.58 Å². The fourth-order valence-electron chi connectivity index (χ4n) is 0. The van der Waals surface area contributed by atoms with Crippen LogP contribution in [0.15, 0.2) is 24.6 Å². The van der Waals surface area contributed by atoms with Crippen LogP contribution in [0.1, 0.15) is 0 Å². The highest BCUT2D eigenvalue weighted by molar-refractivity contribution is 7.55. The van der Waals surface area contributed by atoms with Crippen LogP contribution in [0.25, 0.3) is 0 Å². The van der Waals surface area contributed by atoms with E-state index in [1.165, 1.54) is 0 Å². The lowest BCUT2D eigenvalue weighted by atomic mass is 11.1. The predicted molar refractivity (Wildman–Crippen MR) is 33.7 cm³/mol. The van der Waals surface area contributed by atoms with Gasteiger partial charge in [-0.05, 0) is 0 Å². The second-order valence-electron chi connectivity index (χ2n) is 1.29. The molecule has 0 atom stereocenters. The Bertz CT molecular complexity index is 202. The van der Waals surface area contributed by atoms with Crippen LogP contribution in [-0.4, -0.2) is 9.79 Å². The number of hydrogen-bond donors (Lipinski definition) is 2. The van der Waals surface area contributed by atoms with Crippen LogP contribution in [0.3, 0.4) is 0 Å². The number of rotatable bonds is 1. The molecule has 2 N–H and O–H groups in total. The summed E-state index contributed by atoms with van der Waals surface area (Å²) in [7, 11) is -3.88. The summed E-state index contributed by atoms with van der Waals surface area (Å²) in [6.07, 6.45) is -5.81. The molecule has 0 rings (SSSR count). The van der Waals surface area contributed by atoms with E-state index in [0.29, 0.717) is 5.82 Å². The van der Waals surface area contributed by atoms with E-state index < -0.39 is 19.8 Å². The molecular weight excluding hydrogens is 203 g/mol. The highest BCUT2D eigenvalue weighted by Crippen LogP contribution is 2.34. The van der Waals surface area contributed by atoms with Crippen molar-refractivity contribution in [3.05, 3.63) is 24.6 Å². The van der Waals surface area contributed by atoms with Crippen LogP contribution in [0.4, 0.5) is 17.6 Å². The van der Waals surface area contributed by atoms with Crippen molar-refractivity contribution < 1.29 is 31.9 Å². The van der Waals surface area contributed by atoms with Crippen molar-refractivity contribution in [2.24, 2.45) is 0 Å². The van der Waals surface area contributed by atoms with Crippen LogP contribution in [0.5, 0.6) is 0 Å². The monoisotopic (exact) mass is 208 g/mol. The summed E-state index contributed by atoms with van der Waals surface area (Å²) in [6.45, 7) is 2.87. The maximum atomic E-state index is 10.3. The van der Waals surface area contributed by atoms with Gasteiger partial charge in [0.05, 0.1) is 0 Å². The molecule has 0 aliphatic heterocycles. The molecule has 0 aromatic rings. The summed E-state index contributed by atoms with van der Waals surface area (Å²) in [6, 6.07) is 0. The Hall–Kier alpha value is -0.650. The summed E-state index contributed by atoms with van der Waals surface area (Å²) in [5.41, 5.74) is 0. The molecule has 0 radical (unpaired) electrons. The van der Waals surface area contributed by atoms with Crippen LogP contribution >= 0.6 is 7.60 Å². The third kappa shape index (κ3) is 16.2. The molecule has 0 fully saturated rings. The van der Waals surface area contributed by atoms with Gasteiger partial charge in [0, 0.05) is 5.82 Å². The maximum absolute atomic E-state index is 10.3. The van der Waals surface area contributed by atoms with Crippen molar-refractivity contribution in [2.45, 2.75) is 0 Å². The van der Waals surface area contributed by atoms with Crippen molar-refractivity contribution in [1.29, 1.82) is 0 Å². The number of hydrogen-bond acceptors (Lipinski definition) is 1. The molecule has 0 saturated carbocycles. The highest BCUT2D eigenvalue weighted by Gasteiger charge is 2.01. The van der Waals surface area contributed by atoms with Gasteiger partial charge in [0.1, 0.15) is 0 Å². The molecule has 0 amide bonds. The molecular formula is C4H5F4O3P. The molecule has 72 valence electrons. The van der Waals surface area contributed by atoms with Gasteiger partial charge in [-0.15, -0.1) is 0 Å². The Morgan fingerprint density at radius 1 is 1.17 bits per heavy atom. The third-order valence-corrected chi connectivity index (χ3v) is 0.856. The third-order valence-electron chi connectivity index (χ3n) is 0.381. The van der Waals surface area contributed by atoms with Gasteiger partial charge in [0.25, 0.3) is 0 Å². The maximum Gasteiger partial charge on any atom is 0.348 e. The minimum absolute atomic E-state index is 0.604. The lowest BCUT2D eigenvalue weighted by molar-refractivity contribution is 0.308. The Morgan fingerprint density at radius 2 is 1.33 bits per heavy atom. The van der Waals surface area contributed by atoms with Crippen molar-refractivity contribution in [3.8, 4) is 0 Å². The van der Waals surface area contributed by atoms with Gasteiger partial charge in [-0.2, -0.15) is 17.6 Å². The van der Waals surface area contributed by atoms with Gasteiger partial charge in [0.15, 0.2) is 0 Å². The van der Waals surface area contributed by atoms with Gasteiger partial charge in [-0.25, -0.2) is 0 Å². The van der Waals surface area contributed by atoms with E-state index >= 15 is 0 Å². The molecule has 3 nitrogen and oxygen atoms in total. The molecule has 12 heavy (non-hydrogen) atoms. The SMILES string of the molecule is C=CP(=O)(O)O.FC(F)=C(F)F. The first kappa shape index (κ1) is 13.9. The topological polar surface area (TPSA) is 57.5 Å². The largest absolute Gasteiger partial charge is 0.348 e. The van der Waals surface area contributed by atoms with Crippen molar-refractivity contribution in [3.63, 3.8) is 0 Å². The average molecular weight is 208 g/mol. The molecule has 0 bridgehead atoms. The normalized spacial score (nSPS) is 9.50. The Morgan fingerprint density at radius 3 is 1.33 bits per heavy atom. The molecule has 0 aromatic heterocycles. The summed E-state index contributed by atoms with van der Waals surface area (Å²) >= 11 is 0. The smallest absolute Gasteiger partial charge is 0.321 e. The van der Waals surface area contributed by atoms with Gasteiger partial charge in [-0.3, -0.25) is 4.57 Å². The van der Waals surface area contributed by atoms with Gasteiger partial charge in [-0.1, -0.05) is 6.58 Å². The first-order chi connectivity index (χ1) is 5.20. The van der Waals surface area contributed by atoms with E-state index in [-0.39, 0.29) is 0 Å². The van der Waals surface area contributed by atoms with Crippen molar-refractivity contribution in [1.82, 2.24) is 0 Å². The lowest BCUT2D eigenvalue weighted by Crippen LogP contribution is -1.63.